The molecule has 0 saturated heterocycles. The van der Waals surface area contributed by atoms with Gasteiger partial charge in [0.15, 0.2) is 0 Å². The first-order valence-electron chi connectivity index (χ1n) is 6.05. The number of nitrogens with one attached hydrogen (secondary N) is 1. The molecule has 104 valence electrons. The fourth-order valence-corrected chi connectivity index (χ4v) is 2.26. The van der Waals surface area contributed by atoms with Gasteiger partial charge in [-0.15, -0.1) is 0 Å². The number of rotatable bonds is 5. The third kappa shape index (κ3) is 3.51. The molecule has 0 saturated carbocycles. The van der Waals surface area contributed by atoms with E-state index < -0.39 is 11.9 Å². The molecule has 0 heterocycles. The van der Waals surface area contributed by atoms with Crippen molar-refractivity contribution in [3.63, 3.8) is 0 Å². The smallest absolute Gasteiger partial charge is 0.244 e. The maximum atomic E-state index is 11.7. The Bertz CT molecular complexity index is 599. The van der Waals surface area contributed by atoms with E-state index in [1.54, 1.807) is 19.2 Å². The highest BCUT2D eigenvalue weighted by Crippen LogP contribution is 2.23. The molecule has 1 atom stereocenters. The van der Waals surface area contributed by atoms with Gasteiger partial charge < -0.3 is 15.8 Å². The minimum atomic E-state index is -0.588. The second kappa shape index (κ2) is 6.43. The van der Waals surface area contributed by atoms with Gasteiger partial charge in [0, 0.05) is 10.2 Å². The molecule has 2 rings (SSSR count). The summed E-state index contributed by atoms with van der Waals surface area (Å²) in [7, 11) is 1.60. The minimum absolute atomic E-state index is 0.435. The number of carbonyl (C=O) groups is 1. The zero-order chi connectivity index (χ0) is 14.5. The Kier molecular flexibility index (Phi) is 4.63. The first-order chi connectivity index (χ1) is 9.60. The zero-order valence-electron chi connectivity index (χ0n) is 11.0. The van der Waals surface area contributed by atoms with Gasteiger partial charge >= 0.3 is 0 Å². The molecule has 0 aliphatic rings. The van der Waals surface area contributed by atoms with Gasteiger partial charge in [-0.1, -0.05) is 34.1 Å². The number of methoxy groups -OCH3 is 1. The molecule has 0 aliphatic carbocycles. The molecule has 0 radical (unpaired) electrons. The third-order valence-corrected chi connectivity index (χ3v) is 3.36. The van der Waals surface area contributed by atoms with Crippen LogP contribution in [0.1, 0.15) is 11.6 Å². The van der Waals surface area contributed by atoms with Gasteiger partial charge in [-0.3, -0.25) is 4.79 Å². The fourth-order valence-electron chi connectivity index (χ4n) is 1.86. The van der Waals surface area contributed by atoms with Gasteiger partial charge in [0.25, 0.3) is 0 Å². The van der Waals surface area contributed by atoms with E-state index >= 15 is 0 Å². The molecule has 1 amide bonds. The predicted molar refractivity (Wildman–Crippen MR) is 82.7 cm³/mol. The SMILES string of the molecule is COc1ccc(C(Nc2cccc(Br)c2)C(N)=O)cc1. The first-order valence-corrected chi connectivity index (χ1v) is 6.85. The summed E-state index contributed by atoms with van der Waals surface area (Å²) in [5.41, 5.74) is 7.09. The summed E-state index contributed by atoms with van der Waals surface area (Å²) in [4.78, 5) is 11.7. The Morgan fingerprint density at radius 1 is 1.25 bits per heavy atom. The largest absolute Gasteiger partial charge is 0.497 e. The van der Waals surface area contributed by atoms with Crippen LogP contribution in [0.2, 0.25) is 0 Å². The zero-order valence-corrected chi connectivity index (χ0v) is 12.6. The lowest BCUT2D eigenvalue weighted by Gasteiger charge is -2.17. The number of anilines is 1. The number of primary amides is 1. The summed E-state index contributed by atoms with van der Waals surface area (Å²) in [5.74, 6) is 0.301. The van der Waals surface area contributed by atoms with Crippen molar-refractivity contribution in [1.29, 1.82) is 0 Å². The predicted octanol–water partition coefficient (Wildman–Crippen LogP) is 3.10. The Labute approximate surface area is 126 Å². The molecule has 4 nitrogen and oxygen atoms in total. The molecular weight excluding hydrogens is 320 g/mol. The van der Waals surface area contributed by atoms with E-state index in [4.69, 9.17) is 10.5 Å². The quantitative estimate of drug-likeness (QED) is 0.883. The molecule has 3 N–H and O–H groups in total. The summed E-state index contributed by atoms with van der Waals surface area (Å²) in [6.45, 7) is 0. The molecule has 0 aromatic heterocycles. The molecule has 1 unspecified atom stereocenters. The van der Waals surface area contributed by atoms with Crippen LogP contribution >= 0.6 is 15.9 Å². The standard InChI is InChI=1S/C15H15BrN2O2/c1-20-13-7-5-10(6-8-13)14(15(17)19)18-12-4-2-3-11(16)9-12/h2-9,14,18H,1H3,(H2,17,19). The summed E-state index contributed by atoms with van der Waals surface area (Å²) >= 11 is 3.39. The van der Waals surface area contributed by atoms with Gasteiger partial charge in [0.1, 0.15) is 11.8 Å². The monoisotopic (exact) mass is 334 g/mol. The van der Waals surface area contributed by atoms with Crippen molar-refractivity contribution in [3.05, 3.63) is 58.6 Å². The van der Waals surface area contributed by atoms with E-state index in [1.165, 1.54) is 0 Å². The summed E-state index contributed by atoms with van der Waals surface area (Å²) in [6, 6.07) is 14.2. The average Bonchev–Trinajstić information content (AvgIpc) is 2.45. The van der Waals surface area contributed by atoms with Crippen LogP contribution in [0.25, 0.3) is 0 Å². The second-order valence-corrected chi connectivity index (χ2v) is 5.18. The highest BCUT2D eigenvalue weighted by atomic mass is 79.9. The van der Waals surface area contributed by atoms with Crippen LogP contribution in [0.5, 0.6) is 5.75 Å². The molecule has 2 aromatic rings. The van der Waals surface area contributed by atoms with Crippen LogP contribution in [0.3, 0.4) is 0 Å². The number of benzene rings is 2. The molecule has 5 heteroatoms. The van der Waals surface area contributed by atoms with Crippen molar-refractivity contribution in [2.45, 2.75) is 6.04 Å². The average molecular weight is 335 g/mol. The third-order valence-electron chi connectivity index (χ3n) is 2.87. The van der Waals surface area contributed by atoms with Gasteiger partial charge in [-0.2, -0.15) is 0 Å². The van der Waals surface area contributed by atoms with Crippen LogP contribution in [-0.2, 0) is 4.79 Å². The van der Waals surface area contributed by atoms with Gasteiger partial charge in [0.2, 0.25) is 5.91 Å². The summed E-state index contributed by atoms with van der Waals surface area (Å²) in [6.07, 6.45) is 0. The van der Waals surface area contributed by atoms with E-state index in [-0.39, 0.29) is 0 Å². The van der Waals surface area contributed by atoms with Crippen molar-refractivity contribution in [2.75, 3.05) is 12.4 Å². The number of hydrogen-bond donors (Lipinski definition) is 2. The van der Waals surface area contributed by atoms with Crippen molar-refractivity contribution >= 4 is 27.5 Å². The van der Waals surface area contributed by atoms with E-state index in [0.29, 0.717) is 0 Å². The maximum Gasteiger partial charge on any atom is 0.244 e. The number of hydrogen-bond acceptors (Lipinski definition) is 3. The molecule has 20 heavy (non-hydrogen) atoms. The number of halogens is 1. The van der Waals surface area contributed by atoms with Crippen LogP contribution in [0.4, 0.5) is 5.69 Å². The lowest BCUT2D eigenvalue weighted by atomic mass is 10.1. The summed E-state index contributed by atoms with van der Waals surface area (Å²) < 4.78 is 6.03. The Balaban J connectivity index is 2.24. The van der Waals surface area contributed by atoms with Crippen molar-refractivity contribution < 1.29 is 9.53 Å². The van der Waals surface area contributed by atoms with Crippen molar-refractivity contribution in [3.8, 4) is 5.75 Å². The van der Waals surface area contributed by atoms with E-state index in [9.17, 15) is 4.79 Å². The maximum absolute atomic E-state index is 11.7. The number of amides is 1. The highest BCUT2D eigenvalue weighted by Gasteiger charge is 2.17. The second-order valence-electron chi connectivity index (χ2n) is 4.26. The number of carbonyl (C=O) groups excluding carboxylic acids is 1. The van der Waals surface area contributed by atoms with Gasteiger partial charge in [0.05, 0.1) is 7.11 Å². The first kappa shape index (κ1) is 14.4. The molecule has 0 bridgehead atoms. The van der Waals surface area contributed by atoms with Crippen LogP contribution < -0.4 is 15.8 Å². The molecule has 0 fully saturated rings. The lowest BCUT2D eigenvalue weighted by molar-refractivity contribution is -0.118. The van der Waals surface area contributed by atoms with Crippen molar-refractivity contribution in [1.82, 2.24) is 0 Å². The van der Waals surface area contributed by atoms with E-state index in [0.717, 1.165) is 21.5 Å². The lowest BCUT2D eigenvalue weighted by Crippen LogP contribution is -2.27. The Morgan fingerprint density at radius 3 is 2.50 bits per heavy atom. The Hall–Kier alpha value is -2.01. The fraction of sp³-hybridized carbons (Fsp3) is 0.133. The topological polar surface area (TPSA) is 64.3 Å². The molecular formula is C15H15BrN2O2. The van der Waals surface area contributed by atoms with E-state index in [1.807, 2.05) is 36.4 Å². The number of nitrogens with two attached hydrogens (primary N) is 1. The van der Waals surface area contributed by atoms with Crippen LogP contribution in [0.15, 0.2) is 53.0 Å². The van der Waals surface area contributed by atoms with Crippen LogP contribution in [-0.4, -0.2) is 13.0 Å². The summed E-state index contributed by atoms with van der Waals surface area (Å²) in [5, 5.41) is 3.13. The van der Waals surface area contributed by atoms with Gasteiger partial charge in [-0.05, 0) is 35.9 Å². The minimum Gasteiger partial charge on any atom is -0.497 e. The van der Waals surface area contributed by atoms with Crippen LogP contribution in [0, 0.1) is 0 Å². The van der Waals surface area contributed by atoms with Crippen molar-refractivity contribution in [2.24, 2.45) is 5.73 Å². The molecule has 0 aliphatic heterocycles. The highest BCUT2D eigenvalue weighted by molar-refractivity contribution is 9.10. The Morgan fingerprint density at radius 2 is 1.95 bits per heavy atom. The van der Waals surface area contributed by atoms with E-state index in [2.05, 4.69) is 21.2 Å². The number of ether oxygens (including phenoxy) is 1. The van der Waals surface area contributed by atoms with Gasteiger partial charge in [-0.25, -0.2) is 0 Å². The molecule has 2 aromatic carbocycles. The molecule has 0 spiro atoms. The normalized spacial score (nSPS) is 11.7.